The van der Waals surface area contributed by atoms with E-state index in [-0.39, 0.29) is 13.0 Å². The average Bonchev–Trinajstić information content (AvgIpc) is 2.72. The lowest BCUT2D eigenvalue weighted by Gasteiger charge is -2.16. The normalized spacial score (nSPS) is 20.9. The molecule has 1 fully saturated rings. The molecule has 1 N–H and O–H groups in total. The molecule has 1 unspecified atom stereocenters. The molecule has 1 aliphatic heterocycles. The van der Waals surface area contributed by atoms with Crippen molar-refractivity contribution in [3.05, 3.63) is 0 Å². The van der Waals surface area contributed by atoms with Gasteiger partial charge in [0.2, 0.25) is 0 Å². The van der Waals surface area contributed by atoms with Crippen LogP contribution in [0.4, 0.5) is 13.2 Å². The molecule has 0 aromatic heterocycles. The van der Waals surface area contributed by atoms with E-state index in [9.17, 15) is 18.0 Å². The van der Waals surface area contributed by atoms with Crippen LogP contribution in [0.15, 0.2) is 0 Å². The van der Waals surface area contributed by atoms with Crippen LogP contribution in [-0.2, 0) is 9.53 Å². The predicted molar refractivity (Wildman–Crippen MR) is 62.9 cm³/mol. The van der Waals surface area contributed by atoms with E-state index in [1.807, 2.05) is 0 Å². The van der Waals surface area contributed by atoms with Crippen molar-refractivity contribution in [3.63, 3.8) is 0 Å². The minimum Gasteiger partial charge on any atom is -0.481 e. The van der Waals surface area contributed by atoms with Crippen LogP contribution in [0.5, 0.6) is 0 Å². The Morgan fingerprint density at radius 1 is 1.42 bits per heavy atom. The summed E-state index contributed by atoms with van der Waals surface area (Å²) in [7, 11) is 0. The molecule has 1 rings (SSSR count). The van der Waals surface area contributed by atoms with Crippen molar-refractivity contribution in [2.24, 2.45) is 5.92 Å². The van der Waals surface area contributed by atoms with E-state index in [1.54, 1.807) is 0 Å². The standard InChI is InChI=1S/C12H20F3NO3/c13-12(14,15)9-19-7-1-5-16-6-4-10(8-16)2-3-11(17)18/h10H,1-9H2,(H,17,18). The monoisotopic (exact) mass is 283 g/mol. The first-order chi connectivity index (χ1) is 8.87. The van der Waals surface area contributed by atoms with Gasteiger partial charge in [0, 0.05) is 26.1 Å². The van der Waals surface area contributed by atoms with Crippen molar-refractivity contribution in [2.75, 3.05) is 32.8 Å². The highest BCUT2D eigenvalue weighted by molar-refractivity contribution is 5.66. The summed E-state index contributed by atoms with van der Waals surface area (Å²) >= 11 is 0. The molecule has 7 heteroatoms. The SMILES string of the molecule is O=C(O)CCC1CCN(CCCOCC(F)(F)F)C1. The van der Waals surface area contributed by atoms with Crippen molar-refractivity contribution >= 4 is 5.97 Å². The lowest BCUT2D eigenvalue weighted by molar-refractivity contribution is -0.174. The summed E-state index contributed by atoms with van der Waals surface area (Å²) in [5.41, 5.74) is 0. The van der Waals surface area contributed by atoms with Crippen molar-refractivity contribution in [3.8, 4) is 0 Å². The molecule has 0 aliphatic carbocycles. The van der Waals surface area contributed by atoms with Crippen molar-refractivity contribution in [1.82, 2.24) is 4.90 Å². The van der Waals surface area contributed by atoms with E-state index in [0.717, 1.165) is 19.5 Å². The number of aliphatic carboxylic acids is 1. The number of carboxylic acid groups (broad SMARTS) is 1. The van der Waals surface area contributed by atoms with Crippen LogP contribution in [0, 0.1) is 5.92 Å². The number of hydrogen-bond acceptors (Lipinski definition) is 3. The Labute approximate surface area is 110 Å². The minimum absolute atomic E-state index is 0.107. The maximum Gasteiger partial charge on any atom is 0.411 e. The molecule has 0 amide bonds. The molecule has 1 saturated heterocycles. The van der Waals surface area contributed by atoms with E-state index in [0.29, 0.717) is 25.3 Å². The zero-order chi connectivity index (χ0) is 14.3. The second kappa shape index (κ2) is 7.69. The fourth-order valence-electron chi connectivity index (χ4n) is 2.26. The molecule has 1 heterocycles. The van der Waals surface area contributed by atoms with E-state index < -0.39 is 18.8 Å². The summed E-state index contributed by atoms with van der Waals surface area (Å²) in [6, 6.07) is 0. The van der Waals surface area contributed by atoms with Crippen molar-refractivity contribution in [1.29, 1.82) is 0 Å². The third-order valence-electron chi connectivity index (χ3n) is 3.17. The lowest BCUT2D eigenvalue weighted by Crippen LogP contribution is -2.24. The highest BCUT2D eigenvalue weighted by Gasteiger charge is 2.27. The third-order valence-corrected chi connectivity index (χ3v) is 3.17. The number of ether oxygens (including phenoxy) is 1. The van der Waals surface area contributed by atoms with Crippen molar-refractivity contribution < 1.29 is 27.8 Å². The van der Waals surface area contributed by atoms with Gasteiger partial charge in [-0.1, -0.05) is 0 Å². The summed E-state index contributed by atoms with van der Waals surface area (Å²) in [6.07, 6.45) is -1.85. The van der Waals surface area contributed by atoms with Gasteiger partial charge in [-0.15, -0.1) is 0 Å². The fourth-order valence-corrected chi connectivity index (χ4v) is 2.26. The molecule has 0 spiro atoms. The molecule has 1 atom stereocenters. The lowest BCUT2D eigenvalue weighted by atomic mass is 10.0. The first-order valence-electron chi connectivity index (χ1n) is 6.45. The van der Waals surface area contributed by atoms with Gasteiger partial charge in [0.05, 0.1) is 0 Å². The Balaban J connectivity index is 2.01. The average molecular weight is 283 g/mol. The number of nitrogens with zero attached hydrogens (tertiary/aromatic N) is 1. The number of halogens is 3. The van der Waals surface area contributed by atoms with Gasteiger partial charge in [-0.2, -0.15) is 13.2 Å². The van der Waals surface area contributed by atoms with Crippen LogP contribution >= 0.6 is 0 Å². The number of carboxylic acids is 1. The van der Waals surface area contributed by atoms with Gasteiger partial charge < -0.3 is 14.7 Å². The molecule has 19 heavy (non-hydrogen) atoms. The highest BCUT2D eigenvalue weighted by Crippen LogP contribution is 2.21. The highest BCUT2D eigenvalue weighted by atomic mass is 19.4. The Morgan fingerprint density at radius 2 is 2.16 bits per heavy atom. The van der Waals surface area contributed by atoms with Gasteiger partial charge in [0.15, 0.2) is 0 Å². The predicted octanol–water partition coefficient (Wildman–Crippen LogP) is 2.14. The summed E-state index contributed by atoms with van der Waals surface area (Å²) < 4.78 is 39.9. The van der Waals surface area contributed by atoms with Gasteiger partial charge in [0.25, 0.3) is 0 Å². The molecule has 0 saturated carbocycles. The molecule has 4 nitrogen and oxygen atoms in total. The van der Waals surface area contributed by atoms with Crippen LogP contribution in [0.3, 0.4) is 0 Å². The largest absolute Gasteiger partial charge is 0.481 e. The van der Waals surface area contributed by atoms with Gasteiger partial charge in [-0.3, -0.25) is 4.79 Å². The summed E-state index contributed by atoms with van der Waals surface area (Å²) in [6.45, 7) is 1.36. The van der Waals surface area contributed by atoms with Crippen LogP contribution in [0.2, 0.25) is 0 Å². The van der Waals surface area contributed by atoms with Gasteiger partial charge >= 0.3 is 12.1 Å². The molecular weight excluding hydrogens is 263 g/mol. The Kier molecular flexibility index (Phi) is 6.57. The van der Waals surface area contributed by atoms with Gasteiger partial charge in [-0.05, 0) is 31.7 Å². The Hall–Kier alpha value is -0.820. The topological polar surface area (TPSA) is 49.8 Å². The molecule has 1 aliphatic rings. The molecule has 0 aromatic carbocycles. The first-order valence-corrected chi connectivity index (χ1v) is 6.45. The van der Waals surface area contributed by atoms with Crippen LogP contribution in [0.25, 0.3) is 0 Å². The van der Waals surface area contributed by atoms with E-state index in [2.05, 4.69) is 9.64 Å². The fraction of sp³-hybridized carbons (Fsp3) is 0.917. The van der Waals surface area contributed by atoms with Gasteiger partial charge in [-0.25, -0.2) is 0 Å². The second-order valence-corrected chi connectivity index (χ2v) is 4.91. The smallest absolute Gasteiger partial charge is 0.411 e. The first kappa shape index (κ1) is 16.2. The van der Waals surface area contributed by atoms with E-state index >= 15 is 0 Å². The number of hydrogen-bond donors (Lipinski definition) is 1. The number of alkyl halides is 3. The molecule has 112 valence electrons. The number of rotatable bonds is 8. The molecule has 0 bridgehead atoms. The van der Waals surface area contributed by atoms with Crippen LogP contribution < -0.4 is 0 Å². The zero-order valence-electron chi connectivity index (χ0n) is 10.8. The molecular formula is C12H20F3NO3. The number of likely N-dealkylation sites (tertiary alicyclic amines) is 1. The Morgan fingerprint density at radius 3 is 2.79 bits per heavy atom. The maximum atomic E-state index is 11.8. The van der Waals surface area contributed by atoms with Gasteiger partial charge in [0.1, 0.15) is 6.61 Å². The number of carbonyl (C=O) groups is 1. The maximum absolute atomic E-state index is 11.8. The second-order valence-electron chi connectivity index (χ2n) is 4.91. The van der Waals surface area contributed by atoms with E-state index in [4.69, 9.17) is 5.11 Å². The Bertz CT molecular complexity index is 284. The molecule has 0 radical (unpaired) electrons. The minimum atomic E-state index is -4.25. The van der Waals surface area contributed by atoms with Crippen molar-refractivity contribution in [2.45, 2.75) is 31.9 Å². The van der Waals surface area contributed by atoms with Crippen LogP contribution in [-0.4, -0.2) is 55.0 Å². The third kappa shape index (κ3) is 8.05. The van der Waals surface area contributed by atoms with E-state index in [1.165, 1.54) is 0 Å². The summed E-state index contributed by atoms with van der Waals surface area (Å²) in [5.74, 6) is -0.383. The summed E-state index contributed by atoms with van der Waals surface area (Å²) in [5, 5.41) is 8.58. The summed E-state index contributed by atoms with van der Waals surface area (Å²) in [4.78, 5) is 12.6. The van der Waals surface area contributed by atoms with Crippen LogP contribution in [0.1, 0.15) is 25.7 Å². The zero-order valence-corrected chi connectivity index (χ0v) is 10.8. The quantitative estimate of drug-likeness (QED) is 0.693. The molecule has 0 aromatic rings.